The Labute approximate surface area is 130 Å². The van der Waals surface area contributed by atoms with Crippen LogP contribution in [-0.4, -0.2) is 37.4 Å². The smallest absolute Gasteiger partial charge is 0.163 e. The Morgan fingerprint density at radius 3 is 2.59 bits per heavy atom. The standard InChI is InChI=1S/C17H21NO4/c1-17(2)21-11-16(22-17)15-10-13(19)8-9-18(15)12-4-6-14(20-3)7-5-12/h4-9,15-16H,10-11H2,1-3H3/t15-,16+/m0/s1. The summed E-state index contributed by atoms with van der Waals surface area (Å²) in [5.74, 6) is 0.322. The first-order chi connectivity index (χ1) is 10.5. The molecule has 0 bridgehead atoms. The Balaban J connectivity index is 1.86. The molecule has 0 N–H and O–H groups in total. The number of allylic oxidation sites excluding steroid dienone is 1. The average Bonchev–Trinajstić information content (AvgIpc) is 2.87. The first kappa shape index (κ1) is 15.1. The zero-order valence-electron chi connectivity index (χ0n) is 13.1. The van der Waals surface area contributed by atoms with Gasteiger partial charge in [-0.3, -0.25) is 4.79 Å². The van der Waals surface area contributed by atoms with Gasteiger partial charge < -0.3 is 19.1 Å². The Morgan fingerprint density at radius 1 is 1.27 bits per heavy atom. The van der Waals surface area contributed by atoms with Gasteiger partial charge in [0.2, 0.25) is 0 Å². The molecule has 0 radical (unpaired) electrons. The summed E-state index contributed by atoms with van der Waals surface area (Å²) in [6.07, 6.45) is 3.73. The van der Waals surface area contributed by atoms with E-state index >= 15 is 0 Å². The maximum atomic E-state index is 11.8. The van der Waals surface area contributed by atoms with Crippen molar-refractivity contribution < 1.29 is 19.0 Å². The first-order valence-electron chi connectivity index (χ1n) is 7.44. The van der Waals surface area contributed by atoms with Gasteiger partial charge in [-0.25, -0.2) is 0 Å². The number of nitrogens with zero attached hydrogens (tertiary/aromatic N) is 1. The van der Waals surface area contributed by atoms with E-state index in [0.717, 1.165) is 11.4 Å². The van der Waals surface area contributed by atoms with Crippen molar-refractivity contribution in [2.45, 2.75) is 38.2 Å². The molecule has 1 saturated heterocycles. The van der Waals surface area contributed by atoms with Crippen molar-refractivity contribution in [1.82, 2.24) is 0 Å². The van der Waals surface area contributed by atoms with Crippen molar-refractivity contribution in [2.75, 3.05) is 18.6 Å². The third-order valence-corrected chi connectivity index (χ3v) is 4.02. The van der Waals surface area contributed by atoms with E-state index in [-0.39, 0.29) is 17.9 Å². The summed E-state index contributed by atoms with van der Waals surface area (Å²) < 4.78 is 16.8. The quantitative estimate of drug-likeness (QED) is 0.858. The maximum Gasteiger partial charge on any atom is 0.163 e. The van der Waals surface area contributed by atoms with Gasteiger partial charge in [0, 0.05) is 18.3 Å². The summed E-state index contributed by atoms with van der Waals surface area (Å²) in [4.78, 5) is 13.9. The highest BCUT2D eigenvalue weighted by molar-refractivity contribution is 5.92. The number of hydrogen-bond donors (Lipinski definition) is 0. The largest absolute Gasteiger partial charge is 0.497 e. The summed E-state index contributed by atoms with van der Waals surface area (Å²) in [6, 6.07) is 7.71. The zero-order chi connectivity index (χ0) is 15.7. The van der Waals surface area contributed by atoms with Gasteiger partial charge >= 0.3 is 0 Å². The molecule has 0 aromatic heterocycles. The van der Waals surface area contributed by atoms with Crippen molar-refractivity contribution in [2.24, 2.45) is 0 Å². The van der Waals surface area contributed by atoms with Gasteiger partial charge in [0.1, 0.15) is 11.9 Å². The van der Waals surface area contributed by atoms with Gasteiger partial charge in [-0.1, -0.05) is 0 Å². The van der Waals surface area contributed by atoms with Crippen molar-refractivity contribution in [3.05, 3.63) is 36.5 Å². The number of anilines is 1. The molecule has 0 saturated carbocycles. The van der Waals surface area contributed by atoms with E-state index < -0.39 is 5.79 Å². The predicted molar refractivity (Wildman–Crippen MR) is 82.9 cm³/mol. The molecule has 0 amide bonds. The molecule has 0 aliphatic carbocycles. The van der Waals surface area contributed by atoms with Crippen LogP contribution in [0.2, 0.25) is 0 Å². The van der Waals surface area contributed by atoms with Crippen molar-refractivity contribution in [3.8, 4) is 5.75 Å². The van der Waals surface area contributed by atoms with Gasteiger partial charge in [0.05, 0.1) is 19.8 Å². The molecular formula is C17H21NO4. The van der Waals surface area contributed by atoms with Crippen LogP contribution in [0.5, 0.6) is 5.75 Å². The van der Waals surface area contributed by atoms with Crippen molar-refractivity contribution in [3.63, 3.8) is 0 Å². The Bertz CT molecular complexity index is 579. The Hall–Kier alpha value is -1.85. The van der Waals surface area contributed by atoms with Crippen LogP contribution in [0, 0.1) is 0 Å². The number of benzene rings is 1. The van der Waals surface area contributed by atoms with E-state index in [0.29, 0.717) is 13.0 Å². The lowest BCUT2D eigenvalue weighted by Gasteiger charge is -2.36. The van der Waals surface area contributed by atoms with Crippen LogP contribution >= 0.6 is 0 Å². The molecule has 0 unspecified atom stereocenters. The maximum absolute atomic E-state index is 11.8. The van der Waals surface area contributed by atoms with E-state index in [4.69, 9.17) is 14.2 Å². The van der Waals surface area contributed by atoms with Crippen LogP contribution in [0.3, 0.4) is 0 Å². The molecule has 1 aromatic carbocycles. The summed E-state index contributed by atoms with van der Waals surface area (Å²) in [7, 11) is 1.64. The molecule has 2 heterocycles. The van der Waals surface area contributed by atoms with E-state index in [9.17, 15) is 4.79 Å². The summed E-state index contributed by atoms with van der Waals surface area (Å²) in [5.41, 5.74) is 1.00. The van der Waals surface area contributed by atoms with Crippen molar-refractivity contribution >= 4 is 11.5 Å². The summed E-state index contributed by atoms with van der Waals surface area (Å²) in [5, 5.41) is 0. The van der Waals surface area contributed by atoms with E-state index in [1.807, 2.05) is 44.3 Å². The molecule has 3 rings (SSSR count). The molecule has 2 aliphatic heterocycles. The highest BCUT2D eigenvalue weighted by Gasteiger charge is 2.41. The second-order valence-corrected chi connectivity index (χ2v) is 6.03. The lowest BCUT2D eigenvalue weighted by atomic mass is 9.99. The number of carbonyl (C=O) groups is 1. The number of rotatable bonds is 3. The predicted octanol–water partition coefficient (Wildman–Crippen LogP) is 2.51. The fraction of sp³-hybridized carbons (Fsp3) is 0.471. The zero-order valence-corrected chi connectivity index (χ0v) is 13.1. The van der Waals surface area contributed by atoms with E-state index in [1.165, 1.54) is 0 Å². The molecule has 118 valence electrons. The second-order valence-electron chi connectivity index (χ2n) is 6.03. The monoisotopic (exact) mass is 303 g/mol. The summed E-state index contributed by atoms with van der Waals surface area (Å²) >= 11 is 0. The molecular weight excluding hydrogens is 282 g/mol. The van der Waals surface area contributed by atoms with Crippen LogP contribution < -0.4 is 9.64 Å². The lowest BCUT2D eigenvalue weighted by Crippen LogP contribution is -2.46. The number of ether oxygens (including phenoxy) is 3. The minimum atomic E-state index is -0.597. The number of methoxy groups -OCH3 is 1. The van der Waals surface area contributed by atoms with Gasteiger partial charge in [-0.2, -0.15) is 0 Å². The first-order valence-corrected chi connectivity index (χ1v) is 7.44. The van der Waals surface area contributed by atoms with Crippen LogP contribution in [0.1, 0.15) is 20.3 Å². The lowest BCUT2D eigenvalue weighted by molar-refractivity contribution is -0.142. The molecule has 22 heavy (non-hydrogen) atoms. The second kappa shape index (κ2) is 5.74. The molecule has 1 aromatic rings. The average molecular weight is 303 g/mol. The molecule has 2 atom stereocenters. The fourth-order valence-corrected chi connectivity index (χ4v) is 2.89. The Kier molecular flexibility index (Phi) is 3.93. The third kappa shape index (κ3) is 3.00. The van der Waals surface area contributed by atoms with Crippen LogP contribution in [-0.2, 0) is 14.3 Å². The topological polar surface area (TPSA) is 48.0 Å². The number of hydrogen-bond acceptors (Lipinski definition) is 5. The van der Waals surface area contributed by atoms with Crippen LogP contribution in [0.15, 0.2) is 36.5 Å². The minimum Gasteiger partial charge on any atom is -0.497 e. The number of carbonyl (C=O) groups excluding carboxylic acids is 1. The van der Waals surface area contributed by atoms with Crippen molar-refractivity contribution in [1.29, 1.82) is 0 Å². The molecule has 1 fully saturated rings. The van der Waals surface area contributed by atoms with Crippen LogP contribution in [0.25, 0.3) is 0 Å². The summed E-state index contributed by atoms with van der Waals surface area (Å²) in [6.45, 7) is 4.28. The SMILES string of the molecule is COc1ccc(N2C=CC(=O)C[C@H]2[C@H]2COC(C)(C)O2)cc1. The van der Waals surface area contributed by atoms with E-state index in [1.54, 1.807) is 13.2 Å². The normalized spacial score (nSPS) is 27.2. The van der Waals surface area contributed by atoms with Gasteiger partial charge in [-0.05, 0) is 44.2 Å². The highest BCUT2D eigenvalue weighted by atomic mass is 16.7. The number of ketones is 1. The van der Waals surface area contributed by atoms with Crippen LogP contribution in [0.4, 0.5) is 5.69 Å². The van der Waals surface area contributed by atoms with Gasteiger partial charge in [0.15, 0.2) is 11.6 Å². The Morgan fingerprint density at radius 2 is 2.00 bits per heavy atom. The fourth-order valence-electron chi connectivity index (χ4n) is 2.89. The molecule has 2 aliphatic rings. The van der Waals surface area contributed by atoms with Gasteiger partial charge in [-0.15, -0.1) is 0 Å². The molecule has 5 nitrogen and oxygen atoms in total. The van der Waals surface area contributed by atoms with Gasteiger partial charge in [0.25, 0.3) is 0 Å². The minimum absolute atomic E-state index is 0.0623. The van der Waals surface area contributed by atoms with E-state index in [2.05, 4.69) is 4.90 Å². The highest BCUT2D eigenvalue weighted by Crippen LogP contribution is 2.32. The molecule has 0 spiro atoms. The molecule has 5 heteroatoms. The third-order valence-electron chi connectivity index (χ3n) is 4.02.